The van der Waals surface area contributed by atoms with Gasteiger partial charge in [-0.15, -0.1) is 0 Å². The molecule has 5 rings (SSSR count). The molecule has 0 amide bonds. The summed E-state index contributed by atoms with van der Waals surface area (Å²) in [6.45, 7) is 0. The summed E-state index contributed by atoms with van der Waals surface area (Å²) in [5, 5.41) is 17.6. The standard InChI is InChI=1S/C20H15N3O4/c24-23(25)19-11-10-18(26-19)20-22-16(14-8-4-5-9-17(14)27-20)12-15(21-22)13-6-2-1-3-7-13/h1-11,16,20H,12H2. The summed E-state index contributed by atoms with van der Waals surface area (Å²) >= 11 is 0. The van der Waals surface area contributed by atoms with E-state index in [0.717, 1.165) is 29.0 Å². The van der Waals surface area contributed by atoms with Crippen molar-refractivity contribution >= 4 is 11.6 Å². The van der Waals surface area contributed by atoms with Gasteiger partial charge in [-0.25, -0.2) is 5.01 Å². The Kier molecular flexibility index (Phi) is 3.46. The van der Waals surface area contributed by atoms with Crippen LogP contribution in [0.25, 0.3) is 0 Å². The number of furan rings is 1. The number of nitro groups is 1. The van der Waals surface area contributed by atoms with Gasteiger partial charge in [0.25, 0.3) is 0 Å². The zero-order valence-electron chi connectivity index (χ0n) is 14.2. The maximum Gasteiger partial charge on any atom is 0.433 e. The van der Waals surface area contributed by atoms with Crippen LogP contribution in [0, 0.1) is 10.1 Å². The molecule has 0 saturated heterocycles. The first kappa shape index (κ1) is 15.6. The molecule has 134 valence electrons. The second-order valence-corrected chi connectivity index (χ2v) is 6.45. The predicted octanol–water partition coefficient (Wildman–Crippen LogP) is 4.43. The fraction of sp³-hybridized carbons (Fsp3) is 0.150. The molecule has 0 radical (unpaired) electrons. The lowest BCUT2D eigenvalue weighted by atomic mass is 9.96. The smallest absolute Gasteiger partial charge is 0.433 e. The van der Waals surface area contributed by atoms with Crippen molar-refractivity contribution in [3.8, 4) is 5.75 Å². The molecule has 7 heteroatoms. The molecule has 1 aromatic heterocycles. The summed E-state index contributed by atoms with van der Waals surface area (Å²) in [5.41, 5.74) is 3.05. The third kappa shape index (κ3) is 2.55. The van der Waals surface area contributed by atoms with Gasteiger partial charge in [0, 0.05) is 12.0 Å². The molecule has 0 aliphatic carbocycles. The van der Waals surface area contributed by atoms with Crippen LogP contribution < -0.4 is 4.74 Å². The van der Waals surface area contributed by atoms with Crippen LogP contribution in [0.2, 0.25) is 0 Å². The van der Waals surface area contributed by atoms with E-state index < -0.39 is 11.2 Å². The highest BCUT2D eigenvalue weighted by Gasteiger charge is 2.42. The third-order valence-electron chi connectivity index (χ3n) is 4.84. The molecule has 7 nitrogen and oxygen atoms in total. The SMILES string of the molecule is O=[N+]([O-])c1ccc(C2Oc3ccccc3C3CC(c4ccccc4)=NN32)o1. The molecule has 0 fully saturated rings. The molecule has 3 aromatic rings. The average Bonchev–Trinajstić information content (AvgIpc) is 3.36. The van der Waals surface area contributed by atoms with Crippen LogP contribution in [0.5, 0.6) is 5.75 Å². The molecule has 2 unspecified atom stereocenters. The van der Waals surface area contributed by atoms with Crippen LogP contribution in [0.4, 0.5) is 5.88 Å². The van der Waals surface area contributed by atoms with Gasteiger partial charge >= 0.3 is 5.88 Å². The second kappa shape index (κ2) is 5.98. The molecular formula is C20H15N3O4. The molecule has 3 heterocycles. The zero-order valence-corrected chi connectivity index (χ0v) is 14.2. The zero-order chi connectivity index (χ0) is 18.4. The van der Waals surface area contributed by atoms with E-state index in [4.69, 9.17) is 14.3 Å². The van der Waals surface area contributed by atoms with Crippen molar-refractivity contribution < 1.29 is 14.1 Å². The van der Waals surface area contributed by atoms with E-state index in [0.29, 0.717) is 5.76 Å². The van der Waals surface area contributed by atoms with E-state index in [2.05, 4.69) is 0 Å². The predicted molar refractivity (Wildman–Crippen MR) is 97.3 cm³/mol. The molecule has 0 saturated carbocycles. The number of hydrogen-bond acceptors (Lipinski definition) is 6. The van der Waals surface area contributed by atoms with E-state index in [9.17, 15) is 10.1 Å². The maximum absolute atomic E-state index is 11.0. The highest BCUT2D eigenvalue weighted by Crippen LogP contribution is 2.47. The fourth-order valence-electron chi connectivity index (χ4n) is 3.60. The van der Waals surface area contributed by atoms with Crippen molar-refractivity contribution in [2.45, 2.75) is 18.7 Å². The summed E-state index contributed by atoms with van der Waals surface area (Å²) in [5.74, 6) is 0.794. The lowest BCUT2D eigenvalue weighted by Gasteiger charge is -2.36. The van der Waals surface area contributed by atoms with Gasteiger partial charge in [0.1, 0.15) is 10.7 Å². The van der Waals surface area contributed by atoms with E-state index in [-0.39, 0.29) is 11.9 Å². The van der Waals surface area contributed by atoms with Crippen molar-refractivity contribution in [3.63, 3.8) is 0 Å². The van der Waals surface area contributed by atoms with Crippen LogP contribution in [0.3, 0.4) is 0 Å². The number of benzene rings is 2. The molecule has 27 heavy (non-hydrogen) atoms. The van der Waals surface area contributed by atoms with E-state index in [1.165, 1.54) is 6.07 Å². The Labute approximate surface area is 154 Å². The van der Waals surface area contributed by atoms with Gasteiger partial charge in [-0.2, -0.15) is 5.10 Å². The van der Waals surface area contributed by atoms with Crippen LogP contribution in [-0.4, -0.2) is 15.6 Å². The summed E-state index contributed by atoms with van der Waals surface area (Å²) in [6, 6.07) is 20.7. The molecule has 2 aromatic carbocycles. The quantitative estimate of drug-likeness (QED) is 0.509. The Morgan fingerprint density at radius 3 is 2.59 bits per heavy atom. The number of hydrazone groups is 1. The first-order valence-corrected chi connectivity index (χ1v) is 8.61. The van der Waals surface area contributed by atoms with Crippen LogP contribution in [0.1, 0.15) is 35.6 Å². The lowest BCUT2D eigenvalue weighted by molar-refractivity contribution is -0.402. The van der Waals surface area contributed by atoms with E-state index >= 15 is 0 Å². The summed E-state index contributed by atoms with van der Waals surface area (Å²) in [6.07, 6.45) is 0.0729. The second-order valence-electron chi connectivity index (χ2n) is 6.45. The van der Waals surface area contributed by atoms with Gasteiger partial charge in [0.2, 0.25) is 6.23 Å². The highest BCUT2D eigenvalue weighted by molar-refractivity contribution is 6.01. The number of rotatable bonds is 3. The number of fused-ring (bicyclic) bond motifs is 3. The minimum Gasteiger partial charge on any atom is -0.461 e. The Hall–Kier alpha value is -3.61. The summed E-state index contributed by atoms with van der Waals surface area (Å²) in [7, 11) is 0. The Morgan fingerprint density at radius 2 is 1.81 bits per heavy atom. The minimum absolute atomic E-state index is 0.0145. The Bertz CT molecular complexity index is 1040. The van der Waals surface area contributed by atoms with E-state index in [1.54, 1.807) is 6.07 Å². The number of ether oxygens (including phenoxy) is 1. The van der Waals surface area contributed by atoms with Crippen molar-refractivity contribution in [2.75, 3.05) is 0 Å². The first-order chi connectivity index (χ1) is 13.2. The van der Waals surface area contributed by atoms with Gasteiger partial charge in [0.05, 0.1) is 17.8 Å². The first-order valence-electron chi connectivity index (χ1n) is 8.61. The van der Waals surface area contributed by atoms with Crippen molar-refractivity contribution in [2.24, 2.45) is 5.10 Å². The van der Waals surface area contributed by atoms with Gasteiger partial charge in [-0.05, 0) is 17.7 Å². The summed E-state index contributed by atoms with van der Waals surface area (Å²) in [4.78, 5) is 10.4. The molecule has 0 spiro atoms. The van der Waals surface area contributed by atoms with Crippen molar-refractivity contribution in [1.29, 1.82) is 0 Å². The van der Waals surface area contributed by atoms with Gasteiger partial charge < -0.3 is 9.15 Å². The lowest BCUT2D eigenvalue weighted by Crippen LogP contribution is -2.33. The van der Waals surface area contributed by atoms with Crippen LogP contribution >= 0.6 is 0 Å². The average molecular weight is 361 g/mol. The monoisotopic (exact) mass is 361 g/mol. The fourth-order valence-corrected chi connectivity index (χ4v) is 3.60. The maximum atomic E-state index is 11.0. The van der Waals surface area contributed by atoms with Crippen LogP contribution in [0.15, 0.2) is 76.2 Å². The van der Waals surface area contributed by atoms with Crippen LogP contribution in [-0.2, 0) is 0 Å². The number of para-hydroxylation sites is 1. The summed E-state index contributed by atoms with van der Waals surface area (Å²) < 4.78 is 11.5. The topological polar surface area (TPSA) is 81.1 Å². The van der Waals surface area contributed by atoms with Crippen molar-refractivity contribution in [1.82, 2.24) is 5.01 Å². The molecule has 0 bridgehead atoms. The number of hydrogen-bond donors (Lipinski definition) is 0. The molecule has 0 N–H and O–H groups in total. The Morgan fingerprint density at radius 1 is 1.04 bits per heavy atom. The third-order valence-corrected chi connectivity index (χ3v) is 4.84. The highest BCUT2D eigenvalue weighted by atomic mass is 16.7. The van der Waals surface area contributed by atoms with Gasteiger partial charge in [-0.1, -0.05) is 48.5 Å². The number of nitrogens with zero attached hydrogens (tertiary/aromatic N) is 3. The van der Waals surface area contributed by atoms with E-state index in [1.807, 2.05) is 59.6 Å². The minimum atomic E-state index is -0.653. The van der Waals surface area contributed by atoms with Gasteiger partial charge in [0.15, 0.2) is 5.76 Å². The molecule has 2 aliphatic rings. The normalized spacial score (nSPS) is 20.4. The molecular weight excluding hydrogens is 346 g/mol. The largest absolute Gasteiger partial charge is 0.461 e. The molecule has 2 atom stereocenters. The Balaban J connectivity index is 1.59. The van der Waals surface area contributed by atoms with Gasteiger partial charge in [-0.3, -0.25) is 10.1 Å². The molecule has 2 aliphatic heterocycles. The van der Waals surface area contributed by atoms with Crippen molar-refractivity contribution in [3.05, 3.63) is 93.7 Å².